The van der Waals surface area contributed by atoms with Gasteiger partial charge < -0.3 is 4.98 Å². The number of aromatic nitrogens is 4. The SMILES string of the molecule is Cn1cc(CN2CCc3nc(C4CCCCC4)[nH]c(=O)c3C2)c(-c2ccccc2)n1. The second-order valence-electron chi connectivity index (χ2n) is 8.71. The first-order valence-corrected chi connectivity index (χ1v) is 11.1. The Labute approximate surface area is 177 Å². The number of fused-ring (bicyclic) bond motifs is 1. The number of nitrogens with one attached hydrogen (secondary N) is 1. The summed E-state index contributed by atoms with van der Waals surface area (Å²) in [5.41, 5.74) is 5.23. The Hall–Kier alpha value is -2.73. The molecule has 1 N–H and O–H groups in total. The van der Waals surface area contributed by atoms with Gasteiger partial charge in [-0.25, -0.2) is 4.98 Å². The molecule has 0 bridgehead atoms. The summed E-state index contributed by atoms with van der Waals surface area (Å²) in [6.45, 7) is 2.34. The third kappa shape index (κ3) is 3.84. The minimum atomic E-state index is 0.0553. The highest BCUT2D eigenvalue weighted by Crippen LogP contribution is 2.31. The van der Waals surface area contributed by atoms with Crippen LogP contribution in [0.3, 0.4) is 0 Å². The third-order valence-corrected chi connectivity index (χ3v) is 6.50. The van der Waals surface area contributed by atoms with Crippen molar-refractivity contribution in [3.05, 3.63) is 69.5 Å². The first-order valence-electron chi connectivity index (χ1n) is 11.1. The average molecular weight is 404 g/mol. The fourth-order valence-electron chi connectivity index (χ4n) is 4.94. The van der Waals surface area contributed by atoms with Crippen LogP contribution in [0.2, 0.25) is 0 Å². The summed E-state index contributed by atoms with van der Waals surface area (Å²) in [4.78, 5) is 23.2. The van der Waals surface area contributed by atoms with Crippen molar-refractivity contribution < 1.29 is 0 Å². The van der Waals surface area contributed by atoms with Crippen LogP contribution in [0.1, 0.15) is 60.7 Å². The van der Waals surface area contributed by atoms with E-state index in [0.29, 0.717) is 12.5 Å². The summed E-state index contributed by atoms with van der Waals surface area (Å²) in [7, 11) is 1.96. The highest BCUT2D eigenvalue weighted by atomic mass is 16.1. The molecular weight excluding hydrogens is 374 g/mol. The monoisotopic (exact) mass is 403 g/mol. The molecule has 2 aliphatic rings. The van der Waals surface area contributed by atoms with Crippen LogP contribution in [0.15, 0.2) is 41.3 Å². The van der Waals surface area contributed by atoms with Crippen LogP contribution in [0.25, 0.3) is 11.3 Å². The van der Waals surface area contributed by atoms with E-state index in [4.69, 9.17) is 4.98 Å². The average Bonchev–Trinajstić information content (AvgIpc) is 3.15. The maximum absolute atomic E-state index is 12.9. The molecule has 3 aromatic rings. The zero-order chi connectivity index (χ0) is 20.5. The van der Waals surface area contributed by atoms with E-state index in [1.165, 1.54) is 24.8 Å². The summed E-state index contributed by atoms with van der Waals surface area (Å²) in [6.07, 6.45) is 9.02. The van der Waals surface area contributed by atoms with Crippen LogP contribution in [0.4, 0.5) is 0 Å². The smallest absolute Gasteiger partial charge is 0.255 e. The molecule has 1 aromatic carbocycles. The van der Waals surface area contributed by atoms with Crippen LogP contribution in [-0.4, -0.2) is 31.2 Å². The van der Waals surface area contributed by atoms with Gasteiger partial charge in [-0.05, 0) is 12.8 Å². The van der Waals surface area contributed by atoms with Crippen molar-refractivity contribution in [2.24, 2.45) is 7.05 Å². The van der Waals surface area contributed by atoms with E-state index in [9.17, 15) is 4.79 Å². The fraction of sp³-hybridized carbons (Fsp3) is 0.458. The lowest BCUT2D eigenvalue weighted by Gasteiger charge is -2.28. The van der Waals surface area contributed by atoms with Crippen molar-refractivity contribution in [2.75, 3.05) is 6.54 Å². The van der Waals surface area contributed by atoms with E-state index in [-0.39, 0.29) is 5.56 Å². The van der Waals surface area contributed by atoms with Gasteiger partial charge in [0.15, 0.2) is 0 Å². The molecule has 0 saturated heterocycles. The molecule has 1 aliphatic heterocycles. The van der Waals surface area contributed by atoms with Crippen molar-refractivity contribution >= 4 is 0 Å². The van der Waals surface area contributed by atoms with E-state index in [1.54, 1.807) is 0 Å². The van der Waals surface area contributed by atoms with Crippen LogP contribution in [-0.2, 0) is 26.6 Å². The second-order valence-corrected chi connectivity index (χ2v) is 8.71. The molecule has 0 unspecified atom stereocenters. The maximum atomic E-state index is 12.9. The number of nitrogens with zero attached hydrogens (tertiary/aromatic N) is 4. The molecule has 1 aliphatic carbocycles. The Morgan fingerprint density at radius 2 is 1.93 bits per heavy atom. The number of hydrogen-bond donors (Lipinski definition) is 1. The zero-order valence-electron chi connectivity index (χ0n) is 17.6. The number of aryl methyl sites for hydroxylation is 1. The molecule has 1 saturated carbocycles. The first-order chi connectivity index (χ1) is 14.7. The van der Waals surface area contributed by atoms with Crippen molar-refractivity contribution in [3.63, 3.8) is 0 Å². The fourth-order valence-corrected chi connectivity index (χ4v) is 4.94. The van der Waals surface area contributed by atoms with Gasteiger partial charge >= 0.3 is 0 Å². The molecule has 5 rings (SSSR count). The molecule has 3 heterocycles. The molecule has 0 spiro atoms. The number of aromatic amines is 1. The second kappa shape index (κ2) is 8.19. The van der Waals surface area contributed by atoms with Crippen LogP contribution in [0, 0.1) is 0 Å². The van der Waals surface area contributed by atoms with Crippen molar-refractivity contribution in [1.82, 2.24) is 24.6 Å². The Bertz CT molecular complexity index is 1080. The lowest BCUT2D eigenvalue weighted by atomic mass is 9.88. The Morgan fingerprint density at radius 1 is 1.13 bits per heavy atom. The number of H-pyrrole nitrogens is 1. The van der Waals surface area contributed by atoms with E-state index < -0.39 is 0 Å². The summed E-state index contributed by atoms with van der Waals surface area (Å²) in [5, 5.41) is 4.68. The Morgan fingerprint density at radius 3 is 2.73 bits per heavy atom. The highest BCUT2D eigenvalue weighted by Gasteiger charge is 2.25. The molecule has 0 radical (unpaired) electrons. The Balaban J connectivity index is 1.36. The normalized spacial score (nSPS) is 17.8. The van der Waals surface area contributed by atoms with Crippen molar-refractivity contribution in [2.45, 2.75) is 57.5 Å². The summed E-state index contributed by atoms with van der Waals surface area (Å²) >= 11 is 0. The predicted octanol–water partition coefficient (Wildman–Crippen LogP) is 3.78. The molecule has 156 valence electrons. The maximum Gasteiger partial charge on any atom is 0.255 e. The summed E-state index contributed by atoms with van der Waals surface area (Å²) in [5.74, 6) is 1.35. The van der Waals surface area contributed by atoms with Gasteiger partial charge in [-0.1, -0.05) is 49.6 Å². The lowest BCUT2D eigenvalue weighted by Crippen LogP contribution is -2.36. The summed E-state index contributed by atoms with van der Waals surface area (Å²) < 4.78 is 1.88. The van der Waals surface area contributed by atoms with E-state index in [2.05, 4.69) is 33.3 Å². The standard InChI is InChI=1S/C24H29N5O/c1-28-14-19(22(27-28)17-8-4-2-5-9-17)15-29-13-12-21-20(16-29)24(30)26-23(25-21)18-10-6-3-7-11-18/h2,4-5,8-9,14,18H,3,6-7,10-13,15-16H2,1H3,(H,25,26,30). The quantitative estimate of drug-likeness (QED) is 0.720. The number of rotatable bonds is 4. The van der Waals surface area contributed by atoms with E-state index in [1.807, 2.05) is 29.9 Å². The van der Waals surface area contributed by atoms with Gasteiger partial charge in [-0.3, -0.25) is 14.4 Å². The minimum Gasteiger partial charge on any atom is -0.310 e. The van der Waals surface area contributed by atoms with Gasteiger partial charge in [0.25, 0.3) is 5.56 Å². The molecular formula is C24H29N5O. The molecule has 0 atom stereocenters. The van der Waals surface area contributed by atoms with Crippen molar-refractivity contribution in [3.8, 4) is 11.3 Å². The molecule has 6 heteroatoms. The zero-order valence-corrected chi connectivity index (χ0v) is 17.6. The molecule has 1 fully saturated rings. The van der Waals surface area contributed by atoms with Gasteiger partial charge in [0.05, 0.1) is 17.0 Å². The predicted molar refractivity (Wildman–Crippen MR) is 117 cm³/mol. The van der Waals surface area contributed by atoms with Crippen LogP contribution >= 0.6 is 0 Å². The van der Waals surface area contributed by atoms with Gasteiger partial charge in [-0.15, -0.1) is 0 Å². The van der Waals surface area contributed by atoms with Gasteiger partial charge in [0.2, 0.25) is 0 Å². The van der Waals surface area contributed by atoms with E-state index >= 15 is 0 Å². The molecule has 0 amide bonds. The molecule has 6 nitrogen and oxygen atoms in total. The first kappa shape index (κ1) is 19.2. The number of hydrogen-bond acceptors (Lipinski definition) is 4. The van der Waals surface area contributed by atoms with Gasteiger partial charge in [0.1, 0.15) is 5.82 Å². The van der Waals surface area contributed by atoms with Gasteiger partial charge in [0, 0.05) is 56.3 Å². The van der Waals surface area contributed by atoms with E-state index in [0.717, 1.165) is 60.7 Å². The molecule has 2 aromatic heterocycles. The van der Waals surface area contributed by atoms with Crippen molar-refractivity contribution in [1.29, 1.82) is 0 Å². The highest BCUT2D eigenvalue weighted by molar-refractivity contribution is 5.62. The van der Waals surface area contributed by atoms with Gasteiger partial charge in [-0.2, -0.15) is 5.10 Å². The third-order valence-electron chi connectivity index (χ3n) is 6.50. The van der Waals surface area contributed by atoms with Crippen LogP contribution in [0.5, 0.6) is 0 Å². The minimum absolute atomic E-state index is 0.0553. The summed E-state index contributed by atoms with van der Waals surface area (Å²) in [6, 6.07) is 10.3. The molecule has 30 heavy (non-hydrogen) atoms. The topological polar surface area (TPSA) is 66.8 Å². The number of benzene rings is 1. The Kier molecular flexibility index (Phi) is 5.25. The van der Waals surface area contributed by atoms with Crippen LogP contribution < -0.4 is 5.56 Å². The lowest BCUT2D eigenvalue weighted by molar-refractivity contribution is 0.241. The largest absolute Gasteiger partial charge is 0.310 e.